The molecule has 0 aliphatic heterocycles. The van der Waals surface area contributed by atoms with Crippen LogP contribution in [-0.2, 0) is 15.8 Å². The number of rotatable bonds is 5. The lowest BCUT2D eigenvalue weighted by Crippen LogP contribution is -2.05. The van der Waals surface area contributed by atoms with Gasteiger partial charge in [0.2, 0.25) is 0 Å². The summed E-state index contributed by atoms with van der Waals surface area (Å²) in [6, 6.07) is 0. The van der Waals surface area contributed by atoms with E-state index in [1.54, 1.807) is 10.9 Å². The van der Waals surface area contributed by atoms with Crippen LogP contribution in [0.25, 0.3) is 11.2 Å². The molecular weight excluding hydrogens is 298 g/mol. The van der Waals surface area contributed by atoms with Crippen molar-refractivity contribution in [3.63, 3.8) is 0 Å². The summed E-state index contributed by atoms with van der Waals surface area (Å²) in [7, 11) is 0. The maximum Gasteiger partial charge on any atom is 0.277 e. The number of imidazole rings is 1. The van der Waals surface area contributed by atoms with Crippen molar-refractivity contribution < 1.29 is 10.7 Å². The van der Waals surface area contributed by atoms with Crippen molar-refractivity contribution in [1.82, 2.24) is 19.5 Å². The molecule has 0 saturated carbocycles. The van der Waals surface area contributed by atoms with Crippen LogP contribution in [0.5, 0.6) is 0 Å². The van der Waals surface area contributed by atoms with Gasteiger partial charge in [-0.05, 0) is 29.4 Å². The van der Waals surface area contributed by atoms with Crippen LogP contribution in [-0.4, -0.2) is 32.4 Å². The molecule has 0 bridgehead atoms. The fourth-order valence-corrected chi connectivity index (χ4v) is 2.02. The number of aryl methyl sites for hydroxylation is 2. The fourth-order valence-electron chi connectivity index (χ4n) is 1.40. The van der Waals surface area contributed by atoms with E-state index in [1.165, 1.54) is 6.33 Å². The molecule has 9 heteroatoms. The summed E-state index contributed by atoms with van der Waals surface area (Å²) in [5.74, 6) is -3.31. The summed E-state index contributed by atoms with van der Waals surface area (Å²) in [4.78, 5) is 12.3. The molecule has 0 amide bonds. The minimum absolute atomic E-state index is 0.181. The molecule has 18 heavy (non-hydrogen) atoms. The Bertz CT molecular complexity index is 632. The number of nitrogens with zero attached hydrogens (tertiary/aromatic N) is 4. The first-order chi connectivity index (χ1) is 8.87. The molecule has 1 unspecified atom stereocenters. The Morgan fingerprint density at radius 3 is 3.00 bits per heavy atom. The molecule has 0 aliphatic carbocycles. The molecule has 0 aromatic carbocycles. The molecule has 98 valence electrons. The Kier molecular flexibility index (Phi) is 3.80. The number of ether oxygens (including phenoxy) is 1. The summed E-state index contributed by atoms with van der Waals surface area (Å²) in [5, 5.41) is 0. The van der Waals surface area contributed by atoms with Crippen LogP contribution < -0.4 is 0 Å². The second-order valence-corrected chi connectivity index (χ2v) is 8.75. The molecule has 2 rings (SSSR count). The van der Waals surface area contributed by atoms with Gasteiger partial charge in [-0.1, -0.05) is 0 Å². The van der Waals surface area contributed by atoms with E-state index in [1.807, 2.05) is 6.92 Å². The molecule has 0 radical (unpaired) electrons. The summed E-state index contributed by atoms with van der Waals surface area (Å²) in [6.45, 7) is 1.05. The average Bonchev–Trinajstić information content (AvgIpc) is 2.71. The molecule has 6 nitrogen and oxygen atoms in total. The van der Waals surface area contributed by atoms with E-state index in [4.69, 9.17) is 28.6 Å². The van der Waals surface area contributed by atoms with Crippen molar-refractivity contribution in [2.75, 3.05) is 12.9 Å². The lowest BCUT2D eigenvalue weighted by molar-refractivity contribution is 0.169. The van der Waals surface area contributed by atoms with Gasteiger partial charge in [-0.15, -0.1) is 0 Å². The molecule has 2 aromatic rings. The number of halogens is 2. The van der Waals surface area contributed by atoms with Crippen LogP contribution in [0.4, 0.5) is 0 Å². The van der Waals surface area contributed by atoms with Crippen LogP contribution in [0, 0.1) is 6.92 Å². The maximum absolute atomic E-state index is 11.1. The van der Waals surface area contributed by atoms with Gasteiger partial charge in [0.1, 0.15) is 18.2 Å². The van der Waals surface area contributed by atoms with E-state index in [2.05, 4.69) is 15.0 Å². The van der Waals surface area contributed by atoms with Gasteiger partial charge in [0, 0.05) is 6.54 Å². The predicted molar refractivity (Wildman–Crippen MR) is 70.2 cm³/mol. The minimum Gasteiger partial charge on any atom is -0.369 e. The summed E-state index contributed by atoms with van der Waals surface area (Å²) >= 11 is 10.7. The molecule has 0 spiro atoms. The smallest absolute Gasteiger partial charge is 0.277 e. The first-order valence-electron chi connectivity index (χ1n) is 5.59. The highest BCUT2D eigenvalue weighted by Crippen LogP contribution is 2.56. The van der Waals surface area contributed by atoms with E-state index in [9.17, 15) is 4.57 Å². The Balaban J connectivity index is 2.09. The summed E-state index contributed by atoms with van der Waals surface area (Å²) < 4.78 is 25.4. The zero-order valence-electron chi connectivity index (χ0n) is 10.5. The molecule has 2 heterocycles. The molecular formula is C9H11Cl2N4O2P. The van der Waals surface area contributed by atoms with Crippen molar-refractivity contribution in [1.29, 1.82) is 0 Å². The zero-order valence-corrected chi connectivity index (χ0v) is 11.9. The molecule has 0 saturated heterocycles. The van der Waals surface area contributed by atoms with Gasteiger partial charge in [0.25, 0.3) is 5.85 Å². The lowest BCUT2D eigenvalue weighted by atomic mass is 10.4. The van der Waals surface area contributed by atoms with Crippen LogP contribution >= 0.6 is 28.3 Å². The van der Waals surface area contributed by atoms with E-state index < -0.39 is 12.4 Å². The largest absolute Gasteiger partial charge is 0.369 e. The van der Waals surface area contributed by atoms with Crippen LogP contribution in [0.2, 0.25) is 0 Å². The first kappa shape index (κ1) is 12.4. The van der Waals surface area contributed by atoms with Gasteiger partial charge < -0.3 is 9.30 Å². The van der Waals surface area contributed by atoms with Gasteiger partial charge in [-0.3, -0.25) is 4.57 Å². The van der Waals surface area contributed by atoms with E-state index >= 15 is 0 Å². The quantitative estimate of drug-likeness (QED) is 0.794. The topological polar surface area (TPSA) is 69.9 Å². The second-order valence-electron chi connectivity index (χ2n) is 3.56. The number of hydrogen-bond donors (Lipinski definition) is 0. The maximum atomic E-state index is 11.1. The van der Waals surface area contributed by atoms with Crippen LogP contribution in [0.15, 0.2) is 12.7 Å². The summed E-state index contributed by atoms with van der Waals surface area (Å²) in [6.07, 6.45) is 2.63. The van der Waals surface area contributed by atoms with Crippen molar-refractivity contribution in [3.8, 4) is 0 Å². The standard InChI is InChI=1S/C9H11Cl2N4O2P/c1-7-8-9(13-4-12-7)15(5-14-8)2-3-17-6-18(10,11)16/h4-5H,2-3,6H2,1H3/i3T. The number of hydrogen-bond acceptors (Lipinski definition) is 5. The molecule has 0 N–H and O–H groups in total. The zero-order chi connectivity index (χ0) is 14.0. The predicted octanol–water partition coefficient (Wildman–Crippen LogP) is 2.78. The van der Waals surface area contributed by atoms with Crippen LogP contribution in [0.1, 0.15) is 7.06 Å². The van der Waals surface area contributed by atoms with E-state index in [-0.39, 0.29) is 12.9 Å². The van der Waals surface area contributed by atoms with Gasteiger partial charge >= 0.3 is 0 Å². The fraction of sp³-hybridized carbons (Fsp3) is 0.444. The van der Waals surface area contributed by atoms with Crippen molar-refractivity contribution >= 4 is 39.5 Å². The van der Waals surface area contributed by atoms with E-state index in [0.29, 0.717) is 11.2 Å². The lowest BCUT2D eigenvalue weighted by Gasteiger charge is -2.06. The van der Waals surface area contributed by atoms with Gasteiger partial charge in [0.15, 0.2) is 5.65 Å². The van der Waals surface area contributed by atoms with Gasteiger partial charge in [-0.2, -0.15) is 0 Å². The van der Waals surface area contributed by atoms with Gasteiger partial charge in [-0.25, -0.2) is 15.0 Å². The van der Waals surface area contributed by atoms with Crippen LogP contribution in [0.3, 0.4) is 0 Å². The average molecular weight is 311 g/mol. The molecule has 2 aromatic heterocycles. The Labute approximate surface area is 115 Å². The Morgan fingerprint density at radius 2 is 2.28 bits per heavy atom. The van der Waals surface area contributed by atoms with Crippen molar-refractivity contribution in [2.24, 2.45) is 0 Å². The third kappa shape index (κ3) is 3.42. The number of fused-ring (bicyclic) bond motifs is 1. The Hall–Kier alpha value is -0.680. The van der Waals surface area contributed by atoms with E-state index in [0.717, 1.165) is 5.69 Å². The van der Waals surface area contributed by atoms with Crippen molar-refractivity contribution in [3.05, 3.63) is 18.3 Å². The number of aromatic nitrogens is 4. The summed E-state index contributed by atoms with van der Waals surface area (Å²) in [5.41, 5.74) is 2.06. The molecule has 0 aliphatic rings. The highest BCUT2D eigenvalue weighted by Gasteiger charge is 2.13. The van der Waals surface area contributed by atoms with Crippen molar-refractivity contribution in [2.45, 2.75) is 13.5 Å². The first-order valence-corrected chi connectivity index (χ1v) is 8.72. The normalized spacial score (nSPS) is 14.7. The van der Waals surface area contributed by atoms with Gasteiger partial charge in [0.05, 0.1) is 20.0 Å². The SMILES string of the molecule is [3H]C(Cn1cnc2c(C)ncnc21)OCP(=O)(Cl)Cl. The second kappa shape index (κ2) is 5.53. The minimum atomic E-state index is -3.31. The molecule has 1 atom stereocenters. The monoisotopic (exact) mass is 310 g/mol. The Morgan fingerprint density at radius 1 is 1.50 bits per heavy atom. The third-order valence-corrected chi connectivity index (χ3v) is 3.23. The highest BCUT2D eigenvalue weighted by molar-refractivity contribution is 8.08. The molecule has 0 fully saturated rings. The third-order valence-electron chi connectivity index (χ3n) is 2.20. The highest BCUT2D eigenvalue weighted by atomic mass is 35.9.